The zero-order valence-electron chi connectivity index (χ0n) is 38.1. The number of rotatable bonds is 9. The van der Waals surface area contributed by atoms with Crippen LogP contribution in [0.25, 0.3) is 60.6 Å². The van der Waals surface area contributed by atoms with Crippen molar-refractivity contribution in [3.8, 4) is 39.5 Å². The topological polar surface area (TPSA) is 30.7 Å². The number of thiophene rings is 1. The van der Waals surface area contributed by atoms with Crippen LogP contribution in [0.2, 0.25) is 19.6 Å². The summed E-state index contributed by atoms with van der Waals surface area (Å²) in [6.07, 6.45) is 1.82. The summed E-state index contributed by atoms with van der Waals surface area (Å²) in [4.78, 5) is 9.75. The van der Waals surface area contributed by atoms with Crippen LogP contribution < -0.4 is 5.19 Å². The molecule has 8 rings (SSSR count). The second-order valence-electron chi connectivity index (χ2n) is 18.1. The van der Waals surface area contributed by atoms with Crippen LogP contribution in [-0.4, -0.2) is 22.6 Å². The van der Waals surface area contributed by atoms with Gasteiger partial charge in [0.25, 0.3) is 0 Å². The molecule has 3 nitrogen and oxygen atoms in total. The average Bonchev–Trinajstić information content (AvgIpc) is 3.82. The molecule has 0 aliphatic heterocycles. The van der Waals surface area contributed by atoms with Crippen molar-refractivity contribution in [2.24, 2.45) is 11.8 Å². The smallest absolute Gasteiger partial charge is 0.0798 e. The Morgan fingerprint density at radius 2 is 1.47 bits per heavy atom. The molecule has 0 N–H and O–H groups in total. The predicted octanol–water partition coefficient (Wildman–Crippen LogP) is 14.2. The van der Waals surface area contributed by atoms with Gasteiger partial charge in [0.15, 0.2) is 0 Å². The fourth-order valence-corrected chi connectivity index (χ4v) is 9.88. The van der Waals surface area contributed by atoms with Crippen LogP contribution in [0.1, 0.15) is 67.9 Å². The number of pyridine rings is 1. The second-order valence-corrected chi connectivity index (χ2v) is 24.0. The van der Waals surface area contributed by atoms with Crippen LogP contribution in [0.4, 0.5) is 0 Å². The van der Waals surface area contributed by atoms with Crippen molar-refractivity contribution >= 4 is 45.7 Å². The molecule has 3 heterocycles. The molecule has 0 saturated heterocycles. The van der Waals surface area contributed by atoms with Gasteiger partial charge in [-0.05, 0) is 81.9 Å². The van der Waals surface area contributed by atoms with E-state index in [0.717, 1.165) is 55.9 Å². The van der Waals surface area contributed by atoms with Crippen molar-refractivity contribution in [2.75, 3.05) is 0 Å². The second kappa shape index (κ2) is 18.4. The average molecular weight is 990 g/mol. The summed E-state index contributed by atoms with van der Waals surface area (Å²) in [5.41, 5.74) is 12.0. The monoisotopic (exact) mass is 990 g/mol. The predicted molar refractivity (Wildman–Crippen MR) is 253 cm³/mol. The molecule has 0 unspecified atom stereocenters. The van der Waals surface area contributed by atoms with Gasteiger partial charge in [0.05, 0.1) is 24.9 Å². The SMILES string of the molecule is CC(C)Cc1cc(-c2[c-]cccc2)ncc1[Si](C)(C)C.[2H]C([2H])(c1ccc2s[c-]c(-c3nc4ccccc4n3-c3ccc(-c4ccc(C(C)(C)C)cc4)cc3)c2c1)C(C)C.[Ir]. The van der Waals surface area contributed by atoms with Gasteiger partial charge in [0.2, 0.25) is 0 Å². The van der Waals surface area contributed by atoms with Crippen molar-refractivity contribution in [2.45, 2.75) is 86.3 Å². The Labute approximate surface area is 374 Å². The van der Waals surface area contributed by atoms with Gasteiger partial charge >= 0.3 is 0 Å². The molecule has 1 radical (unpaired) electrons. The number of aromatic nitrogens is 3. The molecular weight excluding hydrogens is 931 g/mol. The van der Waals surface area contributed by atoms with Gasteiger partial charge < -0.3 is 9.55 Å². The number of fused-ring (bicyclic) bond motifs is 2. The number of benzene rings is 5. The molecule has 0 fully saturated rings. The van der Waals surface area contributed by atoms with Gasteiger partial charge in [-0.2, -0.15) is 0 Å². The van der Waals surface area contributed by atoms with E-state index in [0.29, 0.717) is 11.5 Å². The molecule has 305 valence electrons. The molecule has 0 aliphatic rings. The summed E-state index contributed by atoms with van der Waals surface area (Å²) in [5.74, 6) is 1.35. The molecule has 8 aromatic rings. The summed E-state index contributed by atoms with van der Waals surface area (Å²) in [7, 11) is -1.34. The van der Waals surface area contributed by atoms with Crippen LogP contribution >= 0.6 is 11.3 Å². The Bertz CT molecular complexity index is 2720. The maximum atomic E-state index is 8.66. The van der Waals surface area contributed by atoms with E-state index in [2.05, 4.69) is 148 Å². The summed E-state index contributed by atoms with van der Waals surface area (Å²) >= 11 is 1.55. The molecule has 59 heavy (non-hydrogen) atoms. The van der Waals surface area contributed by atoms with Crippen molar-refractivity contribution in [3.63, 3.8) is 0 Å². The molecular formula is C53H57IrN3SSi-2. The zero-order chi connectivity index (χ0) is 43.0. The quantitative estimate of drug-likeness (QED) is 0.107. The Balaban J connectivity index is 0.000000250. The van der Waals surface area contributed by atoms with Gasteiger partial charge in [-0.25, -0.2) is 0 Å². The Kier molecular flexibility index (Phi) is 12.9. The fourth-order valence-electron chi connectivity index (χ4n) is 7.47. The van der Waals surface area contributed by atoms with Crippen molar-refractivity contribution < 1.29 is 22.8 Å². The maximum absolute atomic E-state index is 8.66. The van der Waals surface area contributed by atoms with Crippen molar-refractivity contribution in [3.05, 3.63) is 156 Å². The van der Waals surface area contributed by atoms with Gasteiger partial charge in [0.1, 0.15) is 0 Å². The van der Waals surface area contributed by atoms with E-state index < -0.39 is 14.4 Å². The van der Waals surface area contributed by atoms with E-state index >= 15 is 0 Å². The Morgan fingerprint density at radius 1 is 0.797 bits per heavy atom. The van der Waals surface area contributed by atoms with Crippen LogP contribution in [0.3, 0.4) is 0 Å². The number of imidazole rings is 1. The first-order chi connectivity index (χ1) is 28.4. The zero-order valence-corrected chi connectivity index (χ0v) is 40.3. The van der Waals surface area contributed by atoms with Crippen LogP contribution in [0, 0.1) is 23.3 Å². The number of hydrogen-bond donors (Lipinski definition) is 0. The molecule has 5 aromatic carbocycles. The molecule has 0 amide bonds. The molecule has 6 heteroatoms. The van der Waals surface area contributed by atoms with Gasteiger partial charge in [-0.15, -0.1) is 47.3 Å². The summed E-state index contributed by atoms with van der Waals surface area (Å²) in [6, 6.07) is 45.2. The van der Waals surface area contributed by atoms with Crippen LogP contribution in [0.15, 0.2) is 128 Å². The third kappa shape index (κ3) is 10.3. The fraction of sp³-hybridized carbons (Fsp3) is 0.283. The summed E-state index contributed by atoms with van der Waals surface area (Å²) < 4.78 is 20.6. The number of hydrogen-bond acceptors (Lipinski definition) is 3. The van der Waals surface area contributed by atoms with Gasteiger partial charge in [0, 0.05) is 34.7 Å². The molecule has 0 aliphatic carbocycles. The first-order valence-corrected chi connectivity index (χ1v) is 24.8. The Morgan fingerprint density at radius 3 is 2.10 bits per heavy atom. The van der Waals surface area contributed by atoms with Crippen molar-refractivity contribution in [1.82, 2.24) is 14.5 Å². The van der Waals surface area contributed by atoms with E-state index in [4.69, 9.17) is 7.73 Å². The minimum atomic E-state index is -1.42. The number of para-hydroxylation sites is 2. The minimum absolute atomic E-state index is 0. The molecule has 0 atom stereocenters. The largest absolute Gasteiger partial charge is 0.333 e. The molecule has 3 aromatic heterocycles. The summed E-state index contributed by atoms with van der Waals surface area (Å²) in [6.45, 7) is 22.3. The first kappa shape index (κ1) is 41.3. The normalized spacial score (nSPS) is 12.6. The van der Waals surface area contributed by atoms with E-state index in [1.807, 2.05) is 68.4 Å². The van der Waals surface area contributed by atoms with E-state index in [9.17, 15) is 0 Å². The molecule has 0 saturated carbocycles. The third-order valence-electron chi connectivity index (χ3n) is 10.4. The van der Waals surface area contributed by atoms with E-state index in [-0.39, 0.29) is 31.4 Å². The number of nitrogens with zero attached hydrogens (tertiary/aromatic N) is 3. The maximum Gasteiger partial charge on any atom is 0.0798 e. The van der Waals surface area contributed by atoms with Crippen LogP contribution in [-0.2, 0) is 38.3 Å². The van der Waals surface area contributed by atoms with E-state index in [1.54, 1.807) is 11.3 Å². The molecule has 0 bridgehead atoms. The molecule has 0 spiro atoms. The first-order valence-electron chi connectivity index (χ1n) is 21.5. The van der Waals surface area contributed by atoms with Crippen molar-refractivity contribution in [1.29, 1.82) is 0 Å². The van der Waals surface area contributed by atoms with Gasteiger partial charge in [-0.1, -0.05) is 162 Å². The summed E-state index contributed by atoms with van der Waals surface area (Å²) in [5, 5.41) is 5.98. The Hall–Kier alpha value is -4.45. The van der Waals surface area contributed by atoms with Crippen LogP contribution in [0.5, 0.6) is 0 Å². The van der Waals surface area contributed by atoms with Gasteiger partial charge in [-0.3, -0.25) is 16.3 Å². The standard InChI is InChI=1S/C35H33N2S.C18H24NSi.Ir/c1-23(2)20-24-10-19-33-29(21-24)30(22-38-33)34-36-31-8-6-7-9-32(31)37(34)28-17-13-26(14-18-28)25-11-15-27(16-12-25)35(3,4)5;1-14(2)11-16-12-17(15-9-7-6-8-10-15)19-13-18(16)20(3,4)5;/h6-19,21,23H,20H2,1-5H3;6-9,12-14H,11H2,1-5H3;/q2*-1;/i20D2;;. The minimum Gasteiger partial charge on any atom is -0.333 e. The van der Waals surface area contributed by atoms with E-state index in [1.165, 1.54) is 27.4 Å². The third-order valence-corrected chi connectivity index (χ3v) is 13.3.